The molecule has 1 saturated heterocycles. The number of methoxy groups -OCH3 is 1. The largest absolute Gasteiger partial charge is 0.496 e. The molecule has 2 aromatic rings. The molecular formula is C18H24N4O. The van der Waals surface area contributed by atoms with Crippen LogP contribution in [0.4, 0.5) is 5.82 Å². The summed E-state index contributed by atoms with van der Waals surface area (Å²) in [4.78, 5) is 2.44. The van der Waals surface area contributed by atoms with Gasteiger partial charge in [-0.25, -0.2) is 0 Å². The lowest BCUT2D eigenvalue weighted by atomic mass is 10.1. The zero-order valence-electron chi connectivity index (χ0n) is 13.8. The average Bonchev–Trinajstić information content (AvgIpc) is 3.01. The number of hydrogen-bond acceptors (Lipinski definition) is 5. The second-order valence-corrected chi connectivity index (χ2v) is 6.00. The second-order valence-electron chi connectivity index (χ2n) is 6.00. The van der Waals surface area contributed by atoms with E-state index >= 15 is 0 Å². The zero-order valence-corrected chi connectivity index (χ0v) is 13.8. The van der Waals surface area contributed by atoms with Gasteiger partial charge >= 0.3 is 0 Å². The number of nitrogens with zero attached hydrogens (tertiary/aromatic N) is 3. The standard InChI is InChI=1S/C18H24N4O/c1-22-13-5-6-14(22)11-12-19-18-10-9-16(20-21-18)15-7-3-4-8-17(15)23-2/h3-4,7-10,14H,5-6,11-13H2,1-2H3,(H,19,21). The fraction of sp³-hybridized carbons (Fsp3) is 0.444. The molecular weight excluding hydrogens is 288 g/mol. The van der Waals surface area contributed by atoms with Crippen molar-refractivity contribution in [3.8, 4) is 17.0 Å². The highest BCUT2D eigenvalue weighted by molar-refractivity contribution is 5.67. The summed E-state index contributed by atoms with van der Waals surface area (Å²) in [6, 6.07) is 12.5. The summed E-state index contributed by atoms with van der Waals surface area (Å²) in [5.41, 5.74) is 1.78. The Morgan fingerprint density at radius 2 is 2.09 bits per heavy atom. The minimum atomic E-state index is 0.698. The SMILES string of the molecule is COc1ccccc1-c1ccc(NCCC2CCCN2C)nn1. The van der Waals surface area contributed by atoms with Crippen molar-refractivity contribution < 1.29 is 4.74 Å². The second kappa shape index (κ2) is 7.42. The number of likely N-dealkylation sites (tertiary alicyclic amines) is 1. The fourth-order valence-electron chi connectivity index (χ4n) is 3.14. The van der Waals surface area contributed by atoms with E-state index in [4.69, 9.17) is 4.74 Å². The van der Waals surface area contributed by atoms with Crippen LogP contribution in [0.3, 0.4) is 0 Å². The number of nitrogens with one attached hydrogen (secondary N) is 1. The lowest BCUT2D eigenvalue weighted by Crippen LogP contribution is -2.27. The molecule has 5 nitrogen and oxygen atoms in total. The molecule has 1 atom stereocenters. The van der Waals surface area contributed by atoms with E-state index in [1.54, 1.807) is 7.11 Å². The predicted octanol–water partition coefficient (Wildman–Crippen LogP) is 3.05. The minimum absolute atomic E-state index is 0.698. The molecule has 1 fully saturated rings. The molecule has 0 aliphatic carbocycles. The van der Waals surface area contributed by atoms with Gasteiger partial charge in [0.15, 0.2) is 0 Å². The van der Waals surface area contributed by atoms with Crippen molar-refractivity contribution in [2.75, 3.05) is 32.6 Å². The summed E-state index contributed by atoms with van der Waals surface area (Å²) in [6.45, 7) is 2.15. The van der Waals surface area contributed by atoms with Crippen LogP contribution < -0.4 is 10.1 Å². The third-order valence-electron chi connectivity index (χ3n) is 4.50. The molecule has 5 heteroatoms. The van der Waals surface area contributed by atoms with E-state index in [1.807, 2.05) is 36.4 Å². The number of aromatic nitrogens is 2. The molecule has 1 aromatic carbocycles. The Hall–Kier alpha value is -2.14. The molecule has 1 unspecified atom stereocenters. The molecule has 3 rings (SSSR count). The highest BCUT2D eigenvalue weighted by Crippen LogP contribution is 2.27. The van der Waals surface area contributed by atoms with Crippen LogP contribution in [0.1, 0.15) is 19.3 Å². The van der Waals surface area contributed by atoms with E-state index in [-0.39, 0.29) is 0 Å². The first-order chi connectivity index (χ1) is 11.3. The first kappa shape index (κ1) is 15.7. The van der Waals surface area contributed by atoms with Crippen LogP contribution in [0, 0.1) is 0 Å². The van der Waals surface area contributed by atoms with Gasteiger partial charge in [0.2, 0.25) is 0 Å². The number of ether oxygens (including phenoxy) is 1. The molecule has 1 aliphatic rings. The number of anilines is 1. The van der Waals surface area contributed by atoms with Gasteiger partial charge in [-0.2, -0.15) is 0 Å². The van der Waals surface area contributed by atoms with E-state index < -0.39 is 0 Å². The number of rotatable bonds is 6. The smallest absolute Gasteiger partial charge is 0.148 e. The van der Waals surface area contributed by atoms with Crippen LogP contribution in [-0.2, 0) is 0 Å². The van der Waals surface area contributed by atoms with E-state index in [1.165, 1.54) is 19.4 Å². The average molecular weight is 312 g/mol. The maximum Gasteiger partial charge on any atom is 0.148 e. The quantitative estimate of drug-likeness (QED) is 0.888. The monoisotopic (exact) mass is 312 g/mol. The Morgan fingerprint density at radius 1 is 1.22 bits per heavy atom. The van der Waals surface area contributed by atoms with Gasteiger partial charge in [-0.3, -0.25) is 0 Å². The molecule has 1 aliphatic heterocycles. The summed E-state index contributed by atoms with van der Waals surface area (Å²) in [5, 5.41) is 12.0. The van der Waals surface area contributed by atoms with E-state index in [0.717, 1.165) is 35.8 Å². The molecule has 122 valence electrons. The van der Waals surface area contributed by atoms with Gasteiger partial charge in [0.25, 0.3) is 0 Å². The molecule has 0 amide bonds. The van der Waals surface area contributed by atoms with Crippen molar-refractivity contribution >= 4 is 5.82 Å². The lowest BCUT2D eigenvalue weighted by Gasteiger charge is -2.19. The van der Waals surface area contributed by atoms with Crippen LogP contribution in [0.15, 0.2) is 36.4 Å². The van der Waals surface area contributed by atoms with Crippen LogP contribution in [0.25, 0.3) is 11.3 Å². The molecule has 0 radical (unpaired) electrons. The zero-order chi connectivity index (χ0) is 16.1. The Bertz CT molecular complexity index is 629. The van der Waals surface area contributed by atoms with Crippen molar-refractivity contribution in [1.29, 1.82) is 0 Å². The van der Waals surface area contributed by atoms with E-state index in [9.17, 15) is 0 Å². The Balaban J connectivity index is 1.59. The van der Waals surface area contributed by atoms with E-state index in [0.29, 0.717) is 6.04 Å². The topological polar surface area (TPSA) is 50.3 Å². The first-order valence-electron chi connectivity index (χ1n) is 8.19. The van der Waals surface area contributed by atoms with Crippen LogP contribution in [-0.4, -0.2) is 48.4 Å². The molecule has 0 bridgehead atoms. The van der Waals surface area contributed by atoms with Crippen molar-refractivity contribution in [1.82, 2.24) is 15.1 Å². The third kappa shape index (κ3) is 3.79. The van der Waals surface area contributed by atoms with Gasteiger partial charge in [0.05, 0.1) is 12.8 Å². The van der Waals surface area contributed by atoms with Crippen molar-refractivity contribution in [3.05, 3.63) is 36.4 Å². The Labute approximate surface area is 137 Å². The van der Waals surface area contributed by atoms with Crippen LogP contribution in [0.5, 0.6) is 5.75 Å². The van der Waals surface area contributed by atoms with Gasteiger partial charge in [0.1, 0.15) is 11.6 Å². The van der Waals surface area contributed by atoms with Crippen molar-refractivity contribution in [2.24, 2.45) is 0 Å². The van der Waals surface area contributed by atoms with Crippen LogP contribution in [0.2, 0.25) is 0 Å². The highest BCUT2D eigenvalue weighted by Gasteiger charge is 2.19. The van der Waals surface area contributed by atoms with Gasteiger partial charge in [-0.05, 0) is 57.1 Å². The van der Waals surface area contributed by atoms with Gasteiger partial charge < -0.3 is 15.0 Å². The third-order valence-corrected chi connectivity index (χ3v) is 4.50. The van der Waals surface area contributed by atoms with Gasteiger partial charge in [-0.1, -0.05) is 12.1 Å². The van der Waals surface area contributed by atoms with Crippen LogP contribution >= 0.6 is 0 Å². The maximum atomic E-state index is 5.37. The molecule has 1 aromatic heterocycles. The lowest BCUT2D eigenvalue weighted by molar-refractivity contribution is 0.301. The molecule has 0 spiro atoms. The van der Waals surface area contributed by atoms with Gasteiger partial charge in [0, 0.05) is 18.2 Å². The molecule has 23 heavy (non-hydrogen) atoms. The Kier molecular flexibility index (Phi) is 5.08. The summed E-state index contributed by atoms with van der Waals surface area (Å²) >= 11 is 0. The maximum absolute atomic E-state index is 5.37. The molecule has 1 N–H and O–H groups in total. The van der Waals surface area contributed by atoms with Crippen molar-refractivity contribution in [3.63, 3.8) is 0 Å². The predicted molar refractivity (Wildman–Crippen MR) is 92.8 cm³/mol. The van der Waals surface area contributed by atoms with Gasteiger partial charge in [-0.15, -0.1) is 10.2 Å². The summed E-state index contributed by atoms with van der Waals surface area (Å²) in [5.74, 6) is 1.64. The van der Waals surface area contributed by atoms with Crippen molar-refractivity contribution in [2.45, 2.75) is 25.3 Å². The number of hydrogen-bond donors (Lipinski definition) is 1. The summed E-state index contributed by atoms with van der Waals surface area (Å²) < 4.78 is 5.37. The molecule has 0 saturated carbocycles. The first-order valence-corrected chi connectivity index (χ1v) is 8.19. The Morgan fingerprint density at radius 3 is 2.78 bits per heavy atom. The highest BCUT2D eigenvalue weighted by atomic mass is 16.5. The normalized spacial score (nSPS) is 18.1. The van der Waals surface area contributed by atoms with E-state index in [2.05, 4.69) is 27.5 Å². The fourth-order valence-corrected chi connectivity index (χ4v) is 3.14. The summed E-state index contributed by atoms with van der Waals surface area (Å²) in [7, 11) is 3.88. The molecule has 2 heterocycles. The number of para-hydroxylation sites is 1. The minimum Gasteiger partial charge on any atom is -0.496 e. The summed E-state index contributed by atoms with van der Waals surface area (Å²) in [6.07, 6.45) is 3.76. The number of benzene rings is 1.